The van der Waals surface area contributed by atoms with Crippen LogP contribution in [-0.4, -0.2) is 42.6 Å². The SMILES string of the molecule is CC1CN(CCCCl)CC(C)O1. The Kier molecular flexibility index (Phi) is 4.33. The normalized spacial score (nSPS) is 32.2. The zero-order valence-corrected chi connectivity index (χ0v) is 8.68. The van der Waals surface area contributed by atoms with Gasteiger partial charge in [0, 0.05) is 19.0 Å². The molecule has 1 rings (SSSR count). The maximum Gasteiger partial charge on any atom is 0.0678 e. The first-order valence-electron chi connectivity index (χ1n) is 4.66. The van der Waals surface area contributed by atoms with Gasteiger partial charge >= 0.3 is 0 Å². The predicted octanol–water partition coefficient (Wildman–Crippen LogP) is 1.72. The summed E-state index contributed by atoms with van der Waals surface area (Å²) >= 11 is 5.64. The van der Waals surface area contributed by atoms with Crippen molar-refractivity contribution in [3.8, 4) is 0 Å². The van der Waals surface area contributed by atoms with Gasteiger partial charge in [-0.2, -0.15) is 0 Å². The molecule has 1 aliphatic rings. The number of hydrogen-bond acceptors (Lipinski definition) is 2. The molecule has 0 aromatic rings. The first-order valence-corrected chi connectivity index (χ1v) is 5.19. The fraction of sp³-hybridized carbons (Fsp3) is 1.00. The lowest BCUT2D eigenvalue weighted by atomic mass is 10.2. The molecule has 0 aromatic heterocycles. The van der Waals surface area contributed by atoms with E-state index >= 15 is 0 Å². The first kappa shape index (κ1) is 10.3. The molecule has 1 saturated heterocycles. The molecule has 0 radical (unpaired) electrons. The second-order valence-electron chi connectivity index (χ2n) is 3.56. The largest absolute Gasteiger partial charge is 0.373 e. The molecule has 0 aromatic carbocycles. The number of nitrogens with zero attached hydrogens (tertiary/aromatic N) is 1. The van der Waals surface area contributed by atoms with Gasteiger partial charge in [-0.1, -0.05) is 0 Å². The molecular weight excluding hydrogens is 174 g/mol. The van der Waals surface area contributed by atoms with Crippen molar-refractivity contribution in [3.63, 3.8) is 0 Å². The molecule has 0 amide bonds. The van der Waals surface area contributed by atoms with Crippen LogP contribution in [0.25, 0.3) is 0 Å². The van der Waals surface area contributed by atoms with Crippen molar-refractivity contribution in [1.29, 1.82) is 0 Å². The van der Waals surface area contributed by atoms with Crippen LogP contribution in [0.2, 0.25) is 0 Å². The zero-order chi connectivity index (χ0) is 8.97. The van der Waals surface area contributed by atoms with Gasteiger partial charge in [0.05, 0.1) is 12.2 Å². The van der Waals surface area contributed by atoms with Crippen LogP contribution in [0.5, 0.6) is 0 Å². The predicted molar refractivity (Wildman–Crippen MR) is 51.8 cm³/mol. The number of ether oxygens (including phenoxy) is 1. The van der Waals surface area contributed by atoms with Crippen LogP contribution in [0.1, 0.15) is 20.3 Å². The quantitative estimate of drug-likeness (QED) is 0.630. The zero-order valence-electron chi connectivity index (χ0n) is 7.92. The highest BCUT2D eigenvalue weighted by Gasteiger charge is 2.20. The molecule has 1 aliphatic heterocycles. The van der Waals surface area contributed by atoms with Crippen LogP contribution in [0.4, 0.5) is 0 Å². The number of rotatable bonds is 3. The summed E-state index contributed by atoms with van der Waals surface area (Å²) < 4.78 is 5.62. The number of alkyl halides is 1. The van der Waals surface area contributed by atoms with Gasteiger partial charge in [0.2, 0.25) is 0 Å². The van der Waals surface area contributed by atoms with E-state index in [1.54, 1.807) is 0 Å². The van der Waals surface area contributed by atoms with E-state index in [4.69, 9.17) is 16.3 Å². The van der Waals surface area contributed by atoms with Gasteiger partial charge in [-0.15, -0.1) is 11.6 Å². The van der Waals surface area contributed by atoms with Crippen LogP contribution >= 0.6 is 11.6 Å². The number of hydrogen-bond donors (Lipinski definition) is 0. The Labute approximate surface area is 79.8 Å². The molecule has 2 nitrogen and oxygen atoms in total. The second kappa shape index (κ2) is 5.05. The van der Waals surface area contributed by atoms with Crippen LogP contribution in [-0.2, 0) is 4.74 Å². The van der Waals surface area contributed by atoms with Crippen molar-refractivity contribution < 1.29 is 4.74 Å². The molecule has 12 heavy (non-hydrogen) atoms. The van der Waals surface area contributed by atoms with Crippen molar-refractivity contribution in [3.05, 3.63) is 0 Å². The van der Waals surface area contributed by atoms with Crippen molar-refractivity contribution in [1.82, 2.24) is 4.90 Å². The Morgan fingerprint density at radius 2 is 1.92 bits per heavy atom. The third-order valence-corrected chi connectivity index (χ3v) is 2.37. The topological polar surface area (TPSA) is 12.5 Å². The smallest absolute Gasteiger partial charge is 0.0678 e. The first-order chi connectivity index (χ1) is 5.72. The Morgan fingerprint density at radius 3 is 2.42 bits per heavy atom. The molecule has 0 aliphatic carbocycles. The summed E-state index contributed by atoms with van der Waals surface area (Å²) in [5.41, 5.74) is 0. The monoisotopic (exact) mass is 191 g/mol. The minimum absolute atomic E-state index is 0.379. The van der Waals surface area contributed by atoms with Crippen LogP contribution in [0.3, 0.4) is 0 Å². The minimum atomic E-state index is 0.379. The molecule has 0 spiro atoms. The van der Waals surface area contributed by atoms with Gasteiger partial charge in [0.15, 0.2) is 0 Å². The van der Waals surface area contributed by atoms with Gasteiger partial charge in [-0.3, -0.25) is 4.90 Å². The van der Waals surface area contributed by atoms with Crippen LogP contribution in [0, 0.1) is 0 Å². The maximum atomic E-state index is 5.64. The van der Waals surface area contributed by atoms with E-state index in [1.807, 2.05) is 0 Å². The summed E-state index contributed by atoms with van der Waals surface area (Å²) in [6, 6.07) is 0. The Hall–Kier alpha value is 0.210. The van der Waals surface area contributed by atoms with E-state index in [0.717, 1.165) is 31.9 Å². The minimum Gasteiger partial charge on any atom is -0.373 e. The summed E-state index contributed by atoms with van der Waals surface area (Å²) in [4.78, 5) is 2.43. The van der Waals surface area contributed by atoms with Crippen LogP contribution < -0.4 is 0 Å². The molecule has 2 unspecified atom stereocenters. The molecule has 3 heteroatoms. The van der Waals surface area contributed by atoms with E-state index in [1.165, 1.54) is 0 Å². The average Bonchev–Trinajstić information content (AvgIpc) is 1.99. The number of halogens is 1. The summed E-state index contributed by atoms with van der Waals surface area (Å²) in [6.07, 6.45) is 1.84. The van der Waals surface area contributed by atoms with Crippen molar-refractivity contribution in [2.45, 2.75) is 32.5 Å². The molecule has 72 valence electrons. The molecule has 1 heterocycles. The fourth-order valence-corrected chi connectivity index (χ4v) is 1.87. The standard InChI is InChI=1S/C9H18ClNO/c1-8-6-11(5-3-4-10)7-9(2)12-8/h8-9H,3-7H2,1-2H3. The summed E-state index contributed by atoms with van der Waals surface area (Å²) in [5.74, 6) is 0.764. The van der Waals surface area contributed by atoms with E-state index in [9.17, 15) is 0 Å². The van der Waals surface area contributed by atoms with Crippen LogP contribution in [0.15, 0.2) is 0 Å². The van der Waals surface area contributed by atoms with E-state index in [2.05, 4.69) is 18.7 Å². The van der Waals surface area contributed by atoms with E-state index in [-0.39, 0.29) is 0 Å². The third-order valence-electron chi connectivity index (χ3n) is 2.10. The molecule has 1 fully saturated rings. The Bertz CT molecular complexity index is 122. The average molecular weight is 192 g/mol. The molecule has 0 bridgehead atoms. The second-order valence-corrected chi connectivity index (χ2v) is 3.94. The lowest BCUT2D eigenvalue weighted by molar-refractivity contribution is -0.0677. The summed E-state index contributed by atoms with van der Waals surface area (Å²) in [5, 5.41) is 0. The highest BCUT2D eigenvalue weighted by Crippen LogP contribution is 2.10. The van der Waals surface area contributed by atoms with Gasteiger partial charge in [0.25, 0.3) is 0 Å². The van der Waals surface area contributed by atoms with Crippen molar-refractivity contribution in [2.24, 2.45) is 0 Å². The highest BCUT2D eigenvalue weighted by molar-refractivity contribution is 6.17. The molecule has 0 saturated carbocycles. The maximum absolute atomic E-state index is 5.64. The molecule has 2 atom stereocenters. The number of morpholine rings is 1. The summed E-state index contributed by atoms with van der Waals surface area (Å²) in [6.45, 7) is 7.48. The highest BCUT2D eigenvalue weighted by atomic mass is 35.5. The van der Waals surface area contributed by atoms with E-state index < -0.39 is 0 Å². The Morgan fingerprint density at radius 1 is 1.33 bits per heavy atom. The van der Waals surface area contributed by atoms with Crippen molar-refractivity contribution >= 4 is 11.6 Å². The lowest BCUT2D eigenvalue weighted by Crippen LogP contribution is -2.45. The van der Waals surface area contributed by atoms with Crippen molar-refractivity contribution in [2.75, 3.05) is 25.5 Å². The lowest BCUT2D eigenvalue weighted by Gasteiger charge is -2.35. The summed E-state index contributed by atoms with van der Waals surface area (Å²) in [7, 11) is 0. The third kappa shape index (κ3) is 3.30. The molecular formula is C9H18ClNO. The Balaban J connectivity index is 2.24. The van der Waals surface area contributed by atoms with Gasteiger partial charge in [-0.05, 0) is 26.8 Å². The molecule has 0 N–H and O–H groups in total. The van der Waals surface area contributed by atoms with Gasteiger partial charge in [-0.25, -0.2) is 0 Å². The fourth-order valence-electron chi connectivity index (χ4n) is 1.75. The van der Waals surface area contributed by atoms with Gasteiger partial charge in [0.1, 0.15) is 0 Å². The van der Waals surface area contributed by atoms with Gasteiger partial charge < -0.3 is 4.74 Å². The van der Waals surface area contributed by atoms with E-state index in [0.29, 0.717) is 12.2 Å².